The van der Waals surface area contributed by atoms with Crippen molar-refractivity contribution in [1.82, 2.24) is 9.78 Å². The van der Waals surface area contributed by atoms with Crippen molar-refractivity contribution in [3.05, 3.63) is 48.0 Å². The van der Waals surface area contributed by atoms with Crippen molar-refractivity contribution in [2.75, 3.05) is 7.11 Å². The molecule has 1 aromatic heterocycles. The van der Waals surface area contributed by atoms with Gasteiger partial charge < -0.3 is 4.74 Å². The van der Waals surface area contributed by atoms with Gasteiger partial charge in [-0.25, -0.2) is 4.39 Å². The number of halogens is 1. The van der Waals surface area contributed by atoms with E-state index >= 15 is 0 Å². The summed E-state index contributed by atoms with van der Waals surface area (Å²) in [6.45, 7) is 0.413. The maximum atomic E-state index is 13.3. The zero-order chi connectivity index (χ0) is 10.7. The zero-order valence-electron chi connectivity index (χ0n) is 8.35. The van der Waals surface area contributed by atoms with E-state index in [-0.39, 0.29) is 5.82 Å². The van der Waals surface area contributed by atoms with Crippen LogP contribution in [0.1, 0.15) is 5.56 Å². The number of benzene rings is 1. The second kappa shape index (κ2) is 4.13. The largest absolute Gasteiger partial charge is 0.493 e. The molecule has 0 saturated carbocycles. The van der Waals surface area contributed by atoms with Gasteiger partial charge in [0.1, 0.15) is 5.82 Å². The molecule has 1 heterocycles. The van der Waals surface area contributed by atoms with E-state index in [1.54, 1.807) is 42.4 Å². The minimum atomic E-state index is -0.216. The van der Waals surface area contributed by atoms with Crippen LogP contribution in [0.3, 0.4) is 0 Å². The summed E-state index contributed by atoms with van der Waals surface area (Å²) in [4.78, 5) is 0. The summed E-state index contributed by atoms with van der Waals surface area (Å²) in [5, 5.41) is 4.05. The van der Waals surface area contributed by atoms with E-state index in [2.05, 4.69) is 5.10 Å². The number of hydrogen-bond donors (Lipinski definition) is 0. The molecule has 0 saturated heterocycles. The quantitative estimate of drug-likeness (QED) is 0.768. The molecular formula is C11H11FN2O. The number of ether oxygens (including phenoxy) is 1. The monoisotopic (exact) mass is 206 g/mol. The molecule has 0 amide bonds. The fourth-order valence-electron chi connectivity index (χ4n) is 1.34. The van der Waals surface area contributed by atoms with Crippen LogP contribution in [-0.4, -0.2) is 16.9 Å². The smallest absolute Gasteiger partial charge is 0.156 e. The van der Waals surface area contributed by atoms with Crippen LogP contribution in [0.25, 0.3) is 0 Å². The van der Waals surface area contributed by atoms with Gasteiger partial charge in [-0.15, -0.1) is 0 Å². The molecule has 0 N–H and O–H groups in total. The Morgan fingerprint density at radius 3 is 2.87 bits per heavy atom. The predicted octanol–water partition coefficient (Wildman–Crippen LogP) is 2.08. The summed E-state index contributed by atoms with van der Waals surface area (Å²) in [5.74, 6) is 0.457. The molecule has 0 bridgehead atoms. The summed E-state index contributed by atoms with van der Waals surface area (Å²) in [5.41, 5.74) is 0.614. The molecule has 2 aromatic rings. The average Bonchev–Trinajstić information content (AvgIpc) is 2.69. The van der Waals surface area contributed by atoms with E-state index < -0.39 is 0 Å². The average molecular weight is 206 g/mol. The molecule has 1 aromatic carbocycles. The van der Waals surface area contributed by atoms with Gasteiger partial charge in [0.05, 0.1) is 26.0 Å². The Kier molecular flexibility index (Phi) is 2.67. The van der Waals surface area contributed by atoms with Crippen molar-refractivity contribution in [3.63, 3.8) is 0 Å². The fourth-order valence-corrected chi connectivity index (χ4v) is 1.34. The lowest BCUT2D eigenvalue weighted by atomic mass is 10.2. The molecule has 4 heteroatoms. The van der Waals surface area contributed by atoms with Crippen LogP contribution in [0, 0.1) is 5.82 Å². The van der Waals surface area contributed by atoms with Crippen molar-refractivity contribution in [2.45, 2.75) is 6.54 Å². The molecular weight excluding hydrogens is 195 g/mol. The molecule has 2 rings (SSSR count). The SMILES string of the molecule is COc1cnn(Cc2ccccc2F)c1. The Labute approximate surface area is 87.1 Å². The Morgan fingerprint density at radius 2 is 2.20 bits per heavy atom. The summed E-state index contributed by atoms with van der Waals surface area (Å²) in [6.07, 6.45) is 3.33. The summed E-state index contributed by atoms with van der Waals surface area (Å²) in [6, 6.07) is 6.65. The highest BCUT2D eigenvalue weighted by Gasteiger charge is 2.03. The van der Waals surface area contributed by atoms with Gasteiger partial charge in [0.25, 0.3) is 0 Å². The predicted molar refractivity (Wildman–Crippen MR) is 54.3 cm³/mol. The summed E-state index contributed by atoms with van der Waals surface area (Å²) < 4.78 is 19.9. The highest BCUT2D eigenvalue weighted by Crippen LogP contribution is 2.11. The molecule has 0 radical (unpaired) electrons. The highest BCUT2D eigenvalue weighted by atomic mass is 19.1. The zero-order valence-corrected chi connectivity index (χ0v) is 8.35. The van der Waals surface area contributed by atoms with E-state index in [0.717, 1.165) is 0 Å². The first-order chi connectivity index (χ1) is 7.29. The summed E-state index contributed by atoms with van der Waals surface area (Å²) in [7, 11) is 1.57. The first kappa shape index (κ1) is 9.71. The Balaban J connectivity index is 2.18. The standard InChI is InChI=1S/C11H11FN2O/c1-15-10-6-13-14(8-10)7-9-4-2-3-5-11(9)12/h2-6,8H,7H2,1H3. The third kappa shape index (κ3) is 2.15. The molecule has 0 spiro atoms. The number of aromatic nitrogens is 2. The number of methoxy groups -OCH3 is 1. The Hall–Kier alpha value is -1.84. The van der Waals surface area contributed by atoms with Gasteiger partial charge in [0.2, 0.25) is 0 Å². The second-order valence-electron chi connectivity index (χ2n) is 3.17. The fraction of sp³-hybridized carbons (Fsp3) is 0.182. The molecule has 0 aliphatic heterocycles. The van der Waals surface area contributed by atoms with Crippen molar-refractivity contribution in [1.29, 1.82) is 0 Å². The molecule has 0 unspecified atom stereocenters. The third-order valence-corrected chi connectivity index (χ3v) is 2.14. The first-order valence-corrected chi connectivity index (χ1v) is 4.59. The number of nitrogens with zero attached hydrogens (tertiary/aromatic N) is 2. The van der Waals surface area contributed by atoms with E-state index in [0.29, 0.717) is 17.9 Å². The molecule has 0 fully saturated rings. The lowest BCUT2D eigenvalue weighted by Gasteiger charge is -2.02. The van der Waals surface area contributed by atoms with E-state index in [1.807, 2.05) is 0 Å². The molecule has 15 heavy (non-hydrogen) atoms. The van der Waals surface area contributed by atoms with Crippen molar-refractivity contribution < 1.29 is 9.13 Å². The first-order valence-electron chi connectivity index (χ1n) is 4.59. The van der Waals surface area contributed by atoms with Crippen molar-refractivity contribution in [2.24, 2.45) is 0 Å². The van der Waals surface area contributed by atoms with Crippen LogP contribution in [-0.2, 0) is 6.54 Å². The van der Waals surface area contributed by atoms with Crippen LogP contribution in [0.15, 0.2) is 36.7 Å². The normalized spacial score (nSPS) is 10.3. The van der Waals surface area contributed by atoms with Gasteiger partial charge in [-0.3, -0.25) is 4.68 Å². The molecule has 0 aliphatic rings. The van der Waals surface area contributed by atoms with Crippen LogP contribution in [0.5, 0.6) is 5.75 Å². The van der Waals surface area contributed by atoms with Crippen molar-refractivity contribution >= 4 is 0 Å². The topological polar surface area (TPSA) is 27.1 Å². The van der Waals surface area contributed by atoms with Crippen molar-refractivity contribution in [3.8, 4) is 5.75 Å². The summed E-state index contributed by atoms with van der Waals surface area (Å²) >= 11 is 0. The minimum Gasteiger partial charge on any atom is -0.493 e. The molecule has 78 valence electrons. The number of hydrogen-bond acceptors (Lipinski definition) is 2. The maximum absolute atomic E-state index is 13.3. The minimum absolute atomic E-state index is 0.216. The van der Waals surface area contributed by atoms with E-state index in [9.17, 15) is 4.39 Å². The Morgan fingerprint density at radius 1 is 1.40 bits per heavy atom. The second-order valence-corrected chi connectivity index (χ2v) is 3.17. The van der Waals surface area contributed by atoms with Crippen LogP contribution in [0.4, 0.5) is 4.39 Å². The van der Waals surface area contributed by atoms with Gasteiger partial charge in [-0.2, -0.15) is 5.10 Å². The van der Waals surface area contributed by atoms with Gasteiger partial charge in [0, 0.05) is 5.56 Å². The maximum Gasteiger partial charge on any atom is 0.156 e. The van der Waals surface area contributed by atoms with Crippen LogP contribution >= 0.6 is 0 Å². The molecule has 0 atom stereocenters. The van der Waals surface area contributed by atoms with E-state index in [1.165, 1.54) is 6.07 Å². The van der Waals surface area contributed by atoms with Gasteiger partial charge in [-0.1, -0.05) is 18.2 Å². The molecule has 0 aliphatic carbocycles. The third-order valence-electron chi connectivity index (χ3n) is 2.14. The molecule has 3 nitrogen and oxygen atoms in total. The highest BCUT2D eigenvalue weighted by molar-refractivity contribution is 5.19. The van der Waals surface area contributed by atoms with Gasteiger partial charge in [0.15, 0.2) is 5.75 Å². The Bertz CT molecular complexity index is 453. The number of rotatable bonds is 3. The van der Waals surface area contributed by atoms with E-state index in [4.69, 9.17) is 4.74 Å². The lowest BCUT2D eigenvalue weighted by molar-refractivity contribution is 0.414. The van der Waals surface area contributed by atoms with Gasteiger partial charge in [-0.05, 0) is 6.07 Å². The van der Waals surface area contributed by atoms with Crippen LogP contribution in [0.2, 0.25) is 0 Å². The van der Waals surface area contributed by atoms with Crippen LogP contribution < -0.4 is 4.74 Å². The lowest BCUT2D eigenvalue weighted by Crippen LogP contribution is -2.01. The van der Waals surface area contributed by atoms with Gasteiger partial charge >= 0.3 is 0 Å².